The minimum Gasteiger partial charge on any atom is -0.304 e. The van der Waals surface area contributed by atoms with Crippen molar-refractivity contribution in [2.24, 2.45) is 0 Å². The lowest BCUT2D eigenvalue weighted by molar-refractivity contribution is 0.586. The quantitative estimate of drug-likeness (QED) is 0.874. The highest BCUT2D eigenvalue weighted by atomic mass is 79.9. The van der Waals surface area contributed by atoms with Crippen LogP contribution < -0.4 is 5.56 Å². The summed E-state index contributed by atoms with van der Waals surface area (Å²) in [5.74, 6) is 0.521. The first-order chi connectivity index (χ1) is 8.29. The second kappa shape index (κ2) is 4.59. The van der Waals surface area contributed by atoms with Crippen LogP contribution in [0.5, 0.6) is 0 Å². The summed E-state index contributed by atoms with van der Waals surface area (Å²) in [6.45, 7) is 8.12. The number of nitrogens with one attached hydrogen (secondary N) is 1. The molecule has 96 valence electrons. The molecule has 0 aliphatic carbocycles. The van der Waals surface area contributed by atoms with Gasteiger partial charge in [-0.2, -0.15) is 0 Å². The van der Waals surface area contributed by atoms with Gasteiger partial charge in [-0.05, 0) is 22.9 Å². The Morgan fingerprint density at radius 2 is 2.00 bits per heavy atom. The normalized spacial score (nSPS) is 11.8. The standard InChI is InChI=1S/C12H14BrN3OS/c1-6-8(13)10(17)16-9(14-6)7-5-18-11(15-7)12(2,3)4/h5H,1-4H3,(H,14,16,17). The van der Waals surface area contributed by atoms with Gasteiger partial charge in [-0.15, -0.1) is 11.3 Å². The van der Waals surface area contributed by atoms with Crippen LogP contribution >= 0.6 is 27.3 Å². The van der Waals surface area contributed by atoms with Gasteiger partial charge >= 0.3 is 0 Å². The van der Waals surface area contributed by atoms with E-state index in [9.17, 15) is 4.79 Å². The molecule has 0 spiro atoms. The lowest BCUT2D eigenvalue weighted by Crippen LogP contribution is -2.13. The Kier molecular flexibility index (Phi) is 3.42. The van der Waals surface area contributed by atoms with Crippen molar-refractivity contribution < 1.29 is 0 Å². The van der Waals surface area contributed by atoms with Crippen molar-refractivity contribution in [3.05, 3.63) is 30.9 Å². The zero-order valence-electron chi connectivity index (χ0n) is 10.7. The second-order valence-corrected chi connectivity index (χ2v) is 6.75. The molecule has 2 rings (SSSR count). The Morgan fingerprint density at radius 1 is 1.33 bits per heavy atom. The van der Waals surface area contributed by atoms with Crippen LogP contribution in [0.3, 0.4) is 0 Å². The van der Waals surface area contributed by atoms with Gasteiger partial charge in [-0.25, -0.2) is 9.97 Å². The highest BCUT2D eigenvalue weighted by Crippen LogP contribution is 2.28. The van der Waals surface area contributed by atoms with Crippen molar-refractivity contribution in [2.75, 3.05) is 0 Å². The van der Waals surface area contributed by atoms with Crippen molar-refractivity contribution in [1.29, 1.82) is 0 Å². The maximum Gasteiger partial charge on any atom is 0.265 e. The smallest absolute Gasteiger partial charge is 0.265 e. The molecule has 0 aliphatic heterocycles. The maximum absolute atomic E-state index is 11.7. The molecule has 2 aromatic rings. The highest BCUT2D eigenvalue weighted by Gasteiger charge is 2.19. The number of H-pyrrole nitrogens is 1. The zero-order valence-corrected chi connectivity index (χ0v) is 13.1. The molecule has 0 radical (unpaired) electrons. The Hall–Kier alpha value is -1.01. The van der Waals surface area contributed by atoms with Gasteiger partial charge in [-0.3, -0.25) is 4.79 Å². The third-order valence-electron chi connectivity index (χ3n) is 2.42. The molecule has 0 fully saturated rings. The molecule has 0 saturated heterocycles. The van der Waals surface area contributed by atoms with E-state index in [2.05, 4.69) is 51.7 Å². The molecule has 0 aromatic carbocycles. The van der Waals surface area contributed by atoms with Crippen molar-refractivity contribution in [1.82, 2.24) is 15.0 Å². The van der Waals surface area contributed by atoms with Gasteiger partial charge in [0.1, 0.15) is 10.2 Å². The van der Waals surface area contributed by atoms with E-state index in [4.69, 9.17) is 0 Å². The fourth-order valence-corrected chi connectivity index (χ4v) is 2.50. The van der Waals surface area contributed by atoms with Crippen LogP contribution in [0.15, 0.2) is 14.6 Å². The summed E-state index contributed by atoms with van der Waals surface area (Å²) in [4.78, 5) is 23.3. The summed E-state index contributed by atoms with van der Waals surface area (Å²) in [7, 11) is 0. The second-order valence-electron chi connectivity index (χ2n) is 5.10. The third kappa shape index (κ3) is 2.54. The number of halogens is 1. The van der Waals surface area contributed by atoms with Crippen molar-refractivity contribution in [3.8, 4) is 11.5 Å². The maximum atomic E-state index is 11.7. The van der Waals surface area contributed by atoms with Gasteiger partial charge in [-0.1, -0.05) is 20.8 Å². The van der Waals surface area contributed by atoms with Gasteiger partial charge in [0, 0.05) is 10.8 Å². The first-order valence-electron chi connectivity index (χ1n) is 5.52. The van der Waals surface area contributed by atoms with Crippen LogP contribution in [-0.2, 0) is 5.41 Å². The van der Waals surface area contributed by atoms with Gasteiger partial charge in [0.05, 0.1) is 10.7 Å². The van der Waals surface area contributed by atoms with E-state index < -0.39 is 0 Å². The first kappa shape index (κ1) is 13.4. The summed E-state index contributed by atoms with van der Waals surface area (Å²) in [6, 6.07) is 0. The molecule has 6 heteroatoms. The largest absolute Gasteiger partial charge is 0.304 e. The average molecular weight is 328 g/mol. The Bertz CT molecular complexity index is 640. The Morgan fingerprint density at radius 3 is 2.50 bits per heavy atom. The van der Waals surface area contributed by atoms with Gasteiger partial charge in [0.2, 0.25) is 0 Å². The molecule has 0 unspecified atom stereocenters. The highest BCUT2D eigenvalue weighted by molar-refractivity contribution is 9.10. The minimum atomic E-state index is -0.178. The number of aromatic nitrogens is 3. The topological polar surface area (TPSA) is 58.6 Å². The van der Waals surface area contributed by atoms with Gasteiger partial charge in [0.25, 0.3) is 5.56 Å². The summed E-state index contributed by atoms with van der Waals surface area (Å²) in [5, 5.41) is 2.95. The molecule has 0 atom stereocenters. The van der Waals surface area contributed by atoms with Gasteiger partial charge < -0.3 is 4.98 Å². The van der Waals surface area contributed by atoms with Crippen LogP contribution in [0, 0.1) is 6.92 Å². The summed E-state index contributed by atoms with van der Waals surface area (Å²) < 4.78 is 0.470. The minimum absolute atomic E-state index is 0.00756. The lowest BCUT2D eigenvalue weighted by Gasteiger charge is -2.13. The number of rotatable bonds is 1. The van der Waals surface area contributed by atoms with Gasteiger partial charge in [0.15, 0.2) is 5.82 Å². The van der Waals surface area contributed by atoms with E-state index in [1.54, 1.807) is 18.3 Å². The number of nitrogens with zero attached hydrogens (tertiary/aromatic N) is 2. The fourth-order valence-electron chi connectivity index (χ4n) is 1.42. The summed E-state index contributed by atoms with van der Waals surface area (Å²) in [5.41, 5.74) is 1.22. The molecule has 1 N–H and O–H groups in total. The molecule has 2 heterocycles. The van der Waals surface area contributed by atoms with Crippen LogP contribution in [0.4, 0.5) is 0 Å². The number of thiazole rings is 1. The van der Waals surface area contributed by atoms with E-state index in [0.29, 0.717) is 16.0 Å². The van der Waals surface area contributed by atoms with E-state index >= 15 is 0 Å². The number of aromatic amines is 1. The number of aryl methyl sites for hydroxylation is 1. The van der Waals surface area contributed by atoms with Crippen molar-refractivity contribution >= 4 is 27.3 Å². The molecular formula is C12H14BrN3OS. The van der Waals surface area contributed by atoms with E-state index in [1.807, 2.05) is 5.38 Å². The van der Waals surface area contributed by atoms with Crippen LogP contribution in [-0.4, -0.2) is 15.0 Å². The van der Waals surface area contributed by atoms with Crippen LogP contribution in [0.25, 0.3) is 11.5 Å². The third-order valence-corrected chi connectivity index (χ3v) is 4.62. The molecule has 0 saturated carbocycles. The zero-order chi connectivity index (χ0) is 13.5. The molecule has 18 heavy (non-hydrogen) atoms. The van der Waals surface area contributed by atoms with Crippen LogP contribution in [0.2, 0.25) is 0 Å². The first-order valence-corrected chi connectivity index (χ1v) is 7.19. The average Bonchev–Trinajstić information content (AvgIpc) is 2.73. The molecular weight excluding hydrogens is 314 g/mol. The predicted molar refractivity (Wildman–Crippen MR) is 77.1 cm³/mol. The SMILES string of the molecule is Cc1nc(-c2csc(C(C)(C)C)n2)[nH]c(=O)c1Br. The molecule has 0 amide bonds. The van der Waals surface area contributed by atoms with E-state index in [0.717, 1.165) is 10.7 Å². The Balaban J connectivity index is 2.50. The summed E-state index contributed by atoms with van der Waals surface area (Å²) in [6.07, 6.45) is 0. The van der Waals surface area contributed by atoms with Crippen molar-refractivity contribution in [2.45, 2.75) is 33.1 Å². The molecule has 4 nitrogen and oxygen atoms in total. The predicted octanol–water partition coefficient (Wildman–Crippen LogP) is 3.26. The monoisotopic (exact) mass is 327 g/mol. The molecule has 2 aromatic heterocycles. The van der Waals surface area contributed by atoms with E-state index in [-0.39, 0.29) is 11.0 Å². The van der Waals surface area contributed by atoms with E-state index in [1.165, 1.54) is 0 Å². The number of hydrogen-bond acceptors (Lipinski definition) is 4. The van der Waals surface area contributed by atoms with Crippen molar-refractivity contribution in [3.63, 3.8) is 0 Å². The Labute approximate surface area is 118 Å². The fraction of sp³-hybridized carbons (Fsp3) is 0.417. The summed E-state index contributed by atoms with van der Waals surface area (Å²) >= 11 is 4.78. The van der Waals surface area contributed by atoms with Crippen LogP contribution in [0.1, 0.15) is 31.5 Å². The molecule has 0 aliphatic rings. The lowest BCUT2D eigenvalue weighted by atomic mass is 9.98. The number of hydrogen-bond donors (Lipinski definition) is 1. The molecule has 0 bridgehead atoms.